The van der Waals surface area contributed by atoms with Crippen molar-refractivity contribution in [3.05, 3.63) is 40.6 Å². The van der Waals surface area contributed by atoms with Crippen molar-refractivity contribution in [2.45, 2.75) is 51.5 Å². The molecule has 0 saturated heterocycles. The first-order valence-corrected chi connectivity index (χ1v) is 8.89. The molecular weight excluding hydrogens is 278 g/mol. The first kappa shape index (κ1) is 16.2. The highest BCUT2D eigenvalue weighted by Crippen LogP contribution is 2.14. The third-order valence-electron chi connectivity index (χ3n) is 3.88. The molecule has 4 heteroatoms. The lowest BCUT2D eigenvalue weighted by molar-refractivity contribution is 0.437. The summed E-state index contributed by atoms with van der Waals surface area (Å²) in [4.78, 5) is 5.93. The molecule has 0 bridgehead atoms. The summed E-state index contributed by atoms with van der Waals surface area (Å²) in [7, 11) is 2.08. The summed E-state index contributed by atoms with van der Waals surface area (Å²) in [5.74, 6) is 1.19. The predicted octanol–water partition coefficient (Wildman–Crippen LogP) is 3.81. The van der Waals surface area contributed by atoms with E-state index in [0.29, 0.717) is 6.04 Å². The third-order valence-corrected chi connectivity index (χ3v) is 4.81. The minimum atomic E-state index is 0.613. The molecule has 0 aliphatic heterocycles. The van der Waals surface area contributed by atoms with Gasteiger partial charge < -0.3 is 9.88 Å². The molecule has 1 N–H and O–H groups in total. The molecule has 2 aromatic rings. The van der Waals surface area contributed by atoms with Crippen LogP contribution in [0.5, 0.6) is 0 Å². The molecule has 0 spiro atoms. The third kappa shape index (κ3) is 5.64. The van der Waals surface area contributed by atoms with E-state index >= 15 is 0 Å². The van der Waals surface area contributed by atoms with Crippen molar-refractivity contribution in [1.82, 2.24) is 14.9 Å². The van der Waals surface area contributed by atoms with Gasteiger partial charge >= 0.3 is 0 Å². The number of aromatic nitrogens is 2. The zero-order chi connectivity index (χ0) is 14.9. The van der Waals surface area contributed by atoms with Gasteiger partial charge in [-0.15, -0.1) is 11.3 Å². The Hall–Kier alpha value is -1.13. The van der Waals surface area contributed by atoms with Crippen molar-refractivity contribution in [2.24, 2.45) is 7.05 Å². The minimum absolute atomic E-state index is 0.613. The number of imidazole rings is 1. The molecule has 0 fully saturated rings. The Morgan fingerprint density at radius 2 is 2.24 bits per heavy atom. The van der Waals surface area contributed by atoms with E-state index in [-0.39, 0.29) is 0 Å². The van der Waals surface area contributed by atoms with Gasteiger partial charge in [0.2, 0.25) is 0 Å². The molecular formula is C17H27N3S. The Morgan fingerprint density at radius 3 is 2.90 bits per heavy atom. The van der Waals surface area contributed by atoms with Crippen LogP contribution in [0.3, 0.4) is 0 Å². The zero-order valence-electron chi connectivity index (χ0n) is 13.2. The van der Waals surface area contributed by atoms with E-state index in [4.69, 9.17) is 0 Å². The van der Waals surface area contributed by atoms with Gasteiger partial charge in [0, 0.05) is 36.8 Å². The first-order chi connectivity index (χ1) is 10.3. The molecule has 21 heavy (non-hydrogen) atoms. The molecule has 0 radical (unpaired) electrons. The van der Waals surface area contributed by atoms with Crippen LogP contribution in [0.2, 0.25) is 0 Å². The highest BCUT2D eigenvalue weighted by Gasteiger charge is 2.10. The van der Waals surface area contributed by atoms with Crippen LogP contribution in [-0.4, -0.2) is 22.1 Å². The molecule has 2 rings (SSSR count). The van der Waals surface area contributed by atoms with Crippen molar-refractivity contribution in [3.63, 3.8) is 0 Å². The number of rotatable bonds is 10. The Kier molecular flexibility index (Phi) is 6.96. The van der Waals surface area contributed by atoms with E-state index in [0.717, 1.165) is 13.0 Å². The van der Waals surface area contributed by atoms with Crippen molar-refractivity contribution in [3.8, 4) is 0 Å². The number of nitrogens with one attached hydrogen (secondary N) is 1. The summed E-state index contributed by atoms with van der Waals surface area (Å²) >= 11 is 1.87. The van der Waals surface area contributed by atoms with Crippen LogP contribution < -0.4 is 5.32 Å². The van der Waals surface area contributed by atoms with Gasteiger partial charge in [-0.1, -0.05) is 13.0 Å². The van der Waals surface area contributed by atoms with Crippen molar-refractivity contribution >= 4 is 11.3 Å². The average molecular weight is 305 g/mol. The number of aryl methyl sites for hydroxylation is 3. The monoisotopic (exact) mass is 305 g/mol. The Morgan fingerprint density at radius 1 is 1.33 bits per heavy atom. The van der Waals surface area contributed by atoms with Crippen LogP contribution in [-0.2, 0) is 19.9 Å². The Labute approximate surface area is 132 Å². The lowest BCUT2D eigenvalue weighted by atomic mass is 10.0. The summed E-state index contributed by atoms with van der Waals surface area (Å²) < 4.78 is 2.13. The fraction of sp³-hybridized carbons (Fsp3) is 0.588. The van der Waals surface area contributed by atoms with E-state index in [1.165, 1.54) is 42.8 Å². The van der Waals surface area contributed by atoms with E-state index in [2.05, 4.69) is 46.4 Å². The van der Waals surface area contributed by atoms with Gasteiger partial charge in [-0.05, 0) is 50.1 Å². The fourth-order valence-electron chi connectivity index (χ4n) is 2.62. The van der Waals surface area contributed by atoms with Crippen LogP contribution in [0.15, 0.2) is 29.9 Å². The highest BCUT2D eigenvalue weighted by molar-refractivity contribution is 7.09. The highest BCUT2D eigenvalue weighted by atomic mass is 32.1. The lowest BCUT2D eigenvalue weighted by Gasteiger charge is -2.18. The smallest absolute Gasteiger partial charge is 0.108 e. The molecule has 0 amide bonds. The van der Waals surface area contributed by atoms with E-state index in [1.54, 1.807) is 0 Å². The number of nitrogens with zero attached hydrogens (tertiary/aromatic N) is 2. The minimum Gasteiger partial charge on any atom is -0.338 e. The van der Waals surface area contributed by atoms with E-state index in [9.17, 15) is 0 Å². The zero-order valence-corrected chi connectivity index (χ0v) is 14.0. The average Bonchev–Trinajstić information content (AvgIpc) is 3.13. The van der Waals surface area contributed by atoms with Gasteiger partial charge in [0.1, 0.15) is 5.82 Å². The second kappa shape index (κ2) is 9.00. The van der Waals surface area contributed by atoms with E-state index < -0.39 is 0 Å². The second-order valence-corrected chi connectivity index (χ2v) is 6.65. The molecule has 3 nitrogen and oxygen atoms in total. The Balaban J connectivity index is 1.75. The van der Waals surface area contributed by atoms with Gasteiger partial charge in [-0.3, -0.25) is 0 Å². The maximum atomic E-state index is 4.43. The molecule has 0 aromatic carbocycles. The first-order valence-electron chi connectivity index (χ1n) is 8.01. The topological polar surface area (TPSA) is 29.9 Å². The predicted molar refractivity (Wildman–Crippen MR) is 90.9 cm³/mol. The van der Waals surface area contributed by atoms with Crippen LogP contribution in [0.4, 0.5) is 0 Å². The molecule has 2 heterocycles. The van der Waals surface area contributed by atoms with Crippen LogP contribution in [0.25, 0.3) is 0 Å². The number of thiophene rings is 1. The lowest BCUT2D eigenvalue weighted by Crippen LogP contribution is -2.30. The maximum absolute atomic E-state index is 4.43. The van der Waals surface area contributed by atoms with Gasteiger partial charge in [0.15, 0.2) is 0 Å². The van der Waals surface area contributed by atoms with Crippen LogP contribution >= 0.6 is 11.3 Å². The summed E-state index contributed by atoms with van der Waals surface area (Å²) in [6.07, 6.45) is 11.1. The standard InChI is InChI=1S/C17H27N3S/c1-3-11-18-15(6-4-7-16-8-5-14-21-16)9-10-17-19-12-13-20(17)2/h5,8,12-15,18H,3-4,6-7,9-11H2,1-2H3. The summed E-state index contributed by atoms with van der Waals surface area (Å²) in [5, 5.41) is 5.87. The molecule has 116 valence electrons. The van der Waals surface area contributed by atoms with Gasteiger partial charge in [0.25, 0.3) is 0 Å². The largest absolute Gasteiger partial charge is 0.338 e. The van der Waals surface area contributed by atoms with Crippen molar-refractivity contribution in [2.75, 3.05) is 6.54 Å². The molecule has 1 atom stereocenters. The molecule has 2 aromatic heterocycles. The summed E-state index contributed by atoms with van der Waals surface area (Å²) in [5.41, 5.74) is 0. The normalized spacial score (nSPS) is 12.7. The SMILES string of the molecule is CCCNC(CCCc1cccs1)CCc1nccn1C. The quantitative estimate of drug-likeness (QED) is 0.723. The van der Waals surface area contributed by atoms with Crippen LogP contribution in [0, 0.1) is 0 Å². The summed E-state index contributed by atoms with van der Waals surface area (Å²) in [6.45, 7) is 3.35. The van der Waals surface area contributed by atoms with E-state index in [1.807, 2.05) is 23.7 Å². The van der Waals surface area contributed by atoms with Gasteiger partial charge in [-0.25, -0.2) is 4.98 Å². The van der Waals surface area contributed by atoms with Crippen molar-refractivity contribution < 1.29 is 0 Å². The second-order valence-electron chi connectivity index (χ2n) is 5.62. The maximum Gasteiger partial charge on any atom is 0.108 e. The Bertz CT molecular complexity index is 490. The fourth-order valence-corrected chi connectivity index (χ4v) is 3.37. The molecule has 0 saturated carbocycles. The van der Waals surface area contributed by atoms with Gasteiger partial charge in [-0.2, -0.15) is 0 Å². The summed E-state index contributed by atoms with van der Waals surface area (Å²) in [6, 6.07) is 5.00. The van der Waals surface area contributed by atoms with Crippen molar-refractivity contribution in [1.29, 1.82) is 0 Å². The molecule has 0 aliphatic carbocycles. The number of hydrogen-bond donors (Lipinski definition) is 1. The molecule has 1 unspecified atom stereocenters. The van der Waals surface area contributed by atoms with Gasteiger partial charge in [0.05, 0.1) is 0 Å². The number of hydrogen-bond acceptors (Lipinski definition) is 3. The molecule has 0 aliphatic rings. The van der Waals surface area contributed by atoms with Crippen LogP contribution in [0.1, 0.15) is 43.3 Å².